The zero-order chi connectivity index (χ0) is 24.6. The van der Waals surface area contributed by atoms with Crippen LogP contribution in [-0.4, -0.2) is 30.1 Å². The number of hydrogen-bond acceptors (Lipinski definition) is 4. The van der Waals surface area contributed by atoms with E-state index in [2.05, 4.69) is 16.0 Å². The Hall–Kier alpha value is -4.13. The Morgan fingerprint density at radius 2 is 1.38 bits per heavy atom. The van der Waals surface area contributed by atoms with Gasteiger partial charge >= 0.3 is 6.09 Å². The van der Waals surface area contributed by atoms with Gasteiger partial charge in [0.25, 0.3) is 5.91 Å². The highest BCUT2D eigenvalue weighted by Crippen LogP contribution is 2.21. The number of carbonyl (C=O) groups is 3. The largest absolute Gasteiger partial charge is 0.444 e. The Balaban J connectivity index is 1.56. The molecule has 3 aromatic carbocycles. The highest BCUT2D eigenvalue weighted by molar-refractivity contribution is 6.05. The smallest absolute Gasteiger partial charge is 0.408 e. The summed E-state index contributed by atoms with van der Waals surface area (Å²) in [6.07, 6.45) is -0.659. The molecule has 7 heteroatoms. The molecule has 0 aromatic heterocycles. The third-order valence-corrected chi connectivity index (χ3v) is 4.79. The van der Waals surface area contributed by atoms with Gasteiger partial charge in [-0.05, 0) is 55.7 Å². The van der Waals surface area contributed by atoms with Gasteiger partial charge < -0.3 is 20.7 Å². The van der Waals surface area contributed by atoms with Gasteiger partial charge in [0.05, 0.1) is 0 Å². The van der Waals surface area contributed by atoms with E-state index in [1.807, 2.05) is 60.7 Å². The average molecular weight is 460 g/mol. The van der Waals surface area contributed by atoms with Crippen LogP contribution >= 0.6 is 0 Å². The van der Waals surface area contributed by atoms with Crippen molar-refractivity contribution in [1.29, 1.82) is 0 Å². The molecule has 0 fully saturated rings. The molecular formula is C27H29N3O4. The lowest BCUT2D eigenvalue weighted by Crippen LogP contribution is -2.39. The second-order valence-corrected chi connectivity index (χ2v) is 8.69. The number of benzene rings is 3. The second-order valence-electron chi connectivity index (χ2n) is 8.69. The van der Waals surface area contributed by atoms with Gasteiger partial charge in [0.1, 0.15) is 12.1 Å². The maximum absolute atomic E-state index is 12.8. The molecule has 34 heavy (non-hydrogen) atoms. The minimum atomic E-state index is -0.659. The number of amides is 3. The standard InChI is InChI=1S/C27H29N3O4/c1-27(2,3)34-26(33)29-18-24(31)28-17-22-11-7-8-12-23(22)30-25(32)21-15-13-20(14-16-21)19-9-5-4-6-10-19/h4-16H,17-18H2,1-3H3,(H,28,31)(H,29,33)(H,30,32). The van der Waals surface area contributed by atoms with E-state index in [0.717, 1.165) is 16.7 Å². The molecule has 0 bridgehead atoms. The van der Waals surface area contributed by atoms with Gasteiger partial charge in [-0.25, -0.2) is 4.79 Å². The van der Waals surface area contributed by atoms with Crippen LogP contribution in [0.5, 0.6) is 0 Å². The molecular weight excluding hydrogens is 430 g/mol. The topological polar surface area (TPSA) is 96.5 Å². The molecule has 0 unspecified atom stereocenters. The Bertz CT molecular complexity index is 1140. The van der Waals surface area contributed by atoms with E-state index in [4.69, 9.17) is 4.74 Å². The molecule has 7 nitrogen and oxygen atoms in total. The number of ether oxygens (including phenoxy) is 1. The van der Waals surface area contributed by atoms with Crippen LogP contribution in [-0.2, 0) is 16.1 Å². The molecule has 0 aliphatic rings. The predicted octanol–water partition coefficient (Wildman–Crippen LogP) is 4.75. The summed E-state index contributed by atoms with van der Waals surface area (Å²) < 4.78 is 5.11. The predicted molar refractivity (Wildman–Crippen MR) is 132 cm³/mol. The summed E-state index contributed by atoms with van der Waals surface area (Å²) >= 11 is 0. The average Bonchev–Trinajstić information content (AvgIpc) is 2.82. The van der Waals surface area contributed by atoms with E-state index < -0.39 is 11.7 Å². The molecule has 0 atom stereocenters. The molecule has 3 N–H and O–H groups in total. The molecule has 3 aromatic rings. The van der Waals surface area contributed by atoms with Crippen LogP contribution in [0, 0.1) is 0 Å². The lowest BCUT2D eigenvalue weighted by atomic mass is 10.0. The Kier molecular flexibility index (Phi) is 8.03. The number of anilines is 1. The van der Waals surface area contributed by atoms with Gasteiger partial charge in [0.15, 0.2) is 0 Å². The van der Waals surface area contributed by atoms with Gasteiger partial charge in [-0.15, -0.1) is 0 Å². The number of hydrogen-bond donors (Lipinski definition) is 3. The minimum Gasteiger partial charge on any atom is -0.444 e. The lowest BCUT2D eigenvalue weighted by molar-refractivity contribution is -0.120. The quantitative estimate of drug-likeness (QED) is 0.475. The van der Waals surface area contributed by atoms with Gasteiger partial charge in [0.2, 0.25) is 5.91 Å². The first kappa shape index (κ1) is 24.5. The van der Waals surface area contributed by atoms with Crippen LogP contribution in [0.3, 0.4) is 0 Å². The Labute approximate surface area is 199 Å². The number of nitrogens with one attached hydrogen (secondary N) is 3. The fourth-order valence-electron chi connectivity index (χ4n) is 3.16. The van der Waals surface area contributed by atoms with Crippen molar-refractivity contribution in [1.82, 2.24) is 10.6 Å². The molecule has 3 amide bonds. The van der Waals surface area contributed by atoms with Crippen molar-refractivity contribution in [2.24, 2.45) is 0 Å². The molecule has 0 saturated heterocycles. The molecule has 0 aliphatic carbocycles. The first-order valence-corrected chi connectivity index (χ1v) is 11.0. The highest BCUT2D eigenvalue weighted by atomic mass is 16.6. The zero-order valence-corrected chi connectivity index (χ0v) is 19.6. The van der Waals surface area contributed by atoms with Crippen LogP contribution in [0.1, 0.15) is 36.7 Å². The first-order valence-electron chi connectivity index (χ1n) is 11.0. The zero-order valence-electron chi connectivity index (χ0n) is 19.6. The SMILES string of the molecule is CC(C)(C)OC(=O)NCC(=O)NCc1ccccc1NC(=O)c1ccc(-c2ccccc2)cc1. The van der Waals surface area contributed by atoms with E-state index in [1.54, 1.807) is 39.0 Å². The Morgan fingerprint density at radius 1 is 0.765 bits per heavy atom. The monoisotopic (exact) mass is 459 g/mol. The van der Waals surface area contributed by atoms with Crippen LogP contribution < -0.4 is 16.0 Å². The molecule has 0 radical (unpaired) electrons. The summed E-state index contributed by atoms with van der Waals surface area (Å²) in [7, 11) is 0. The van der Waals surface area contributed by atoms with E-state index in [-0.39, 0.29) is 24.9 Å². The lowest BCUT2D eigenvalue weighted by Gasteiger charge is -2.19. The van der Waals surface area contributed by atoms with Crippen LogP contribution in [0.2, 0.25) is 0 Å². The van der Waals surface area contributed by atoms with E-state index in [9.17, 15) is 14.4 Å². The molecule has 0 spiro atoms. The Morgan fingerprint density at radius 3 is 2.06 bits per heavy atom. The number of para-hydroxylation sites is 1. The van der Waals surface area contributed by atoms with Crippen molar-refractivity contribution < 1.29 is 19.1 Å². The van der Waals surface area contributed by atoms with Crippen LogP contribution in [0.15, 0.2) is 78.9 Å². The summed E-state index contributed by atoms with van der Waals surface area (Å²) in [5.41, 5.74) is 3.33. The number of carbonyl (C=O) groups excluding carboxylic acids is 3. The molecule has 0 saturated carbocycles. The summed E-state index contributed by atoms with van der Waals surface area (Å²) in [6.45, 7) is 5.22. The van der Waals surface area contributed by atoms with Crippen molar-refractivity contribution in [3.8, 4) is 11.1 Å². The summed E-state index contributed by atoms with van der Waals surface area (Å²) in [5.74, 6) is -0.617. The number of rotatable bonds is 7. The first-order chi connectivity index (χ1) is 16.2. The number of alkyl carbamates (subject to hydrolysis) is 1. The minimum absolute atomic E-state index is 0.193. The summed E-state index contributed by atoms with van der Waals surface area (Å²) in [4.78, 5) is 36.6. The van der Waals surface area contributed by atoms with Crippen molar-refractivity contribution >= 4 is 23.6 Å². The maximum Gasteiger partial charge on any atom is 0.408 e. The fraction of sp³-hybridized carbons (Fsp3) is 0.222. The van der Waals surface area contributed by atoms with E-state index in [1.165, 1.54) is 0 Å². The highest BCUT2D eigenvalue weighted by Gasteiger charge is 2.17. The van der Waals surface area contributed by atoms with Crippen molar-refractivity contribution in [2.75, 3.05) is 11.9 Å². The normalized spacial score (nSPS) is 10.8. The van der Waals surface area contributed by atoms with Crippen molar-refractivity contribution in [3.05, 3.63) is 90.0 Å². The van der Waals surface area contributed by atoms with Crippen LogP contribution in [0.25, 0.3) is 11.1 Å². The second kappa shape index (κ2) is 11.1. The fourth-order valence-corrected chi connectivity index (χ4v) is 3.16. The van der Waals surface area contributed by atoms with Gasteiger partial charge in [-0.2, -0.15) is 0 Å². The molecule has 0 heterocycles. The molecule has 3 rings (SSSR count). The van der Waals surface area contributed by atoms with E-state index >= 15 is 0 Å². The third kappa shape index (κ3) is 7.48. The molecule has 176 valence electrons. The van der Waals surface area contributed by atoms with Crippen molar-refractivity contribution in [2.45, 2.75) is 32.9 Å². The van der Waals surface area contributed by atoms with E-state index in [0.29, 0.717) is 11.3 Å². The van der Waals surface area contributed by atoms with Crippen LogP contribution in [0.4, 0.5) is 10.5 Å². The summed E-state index contributed by atoms with van der Waals surface area (Å²) in [6, 6.07) is 24.5. The van der Waals surface area contributed by atoms with Gasteiger partial charge in [-0.1, -0.05) is 60.7 Å². The van der Waals surface area contributed by atoms with Gasteiger partial charge in [0, 0.05) is 17.8 Å². The third-order valence-electron chi connectivity index (χ3n) is 4.79. The van der Waals surface area contributed by atoms with Gasteiger partial charge in [-0.3, -0.25) is 9.59 Å². The van der Waals surface area contributed by atoms with Crippen molar-refractivity contribution in [3.63, 3.8) is 0 Å². The summed E-state index contributed by atoms with van der Waals surface area (Å²) in [5, 5.41) is 8.06. The maximum atomic E-state index is 12.8. The molecule has 0 aliphatic heterocycles.